The van der Waals surface area contributed by atoms with E-state index in [4.69, 9.17) is 4.42 Å². The second-order valence-corrected chi connectivity index (χ2v) is 5.01. The number of rotatable bonds is 4. The molecule has 1 aromatic carbocycles. The predicted octanol–water partition coefficient (Wildman–Crippen LogP) is 2.53. The van der Waals surface area contributed by atoms with E-state index in [1.165, 1.54) is 10.9 Å². The maximum atomic E-state index is 5.83. The molecule has 3 rings (SSSR count). The normalized spacial score (nSPS) is 16.4. The number of fused-ring (bicyclic) bond motifs is 1. The Morgan fingerprint density at radius 1 is 1.33 bits per heavy atom. The van der Waals surface area contributed by atoms with Gasteiger partial charge in [-0.1, -0.05) is 25.1 Å². The summed E-state index contributed by atoms with van der Waals surface area (Å²) in [7, 11) is 0. The van der Waals surface area contributed by atoms with Gasteiger partial charge in [-0.3, -0.25) is 4.90 Å². The topological polar surface area (TPSA) is 28.4 Å². The maximum Gasteiger partial charge on any atom is 0.134 e. The Bertz CT molecular complexity index is 542. The lowest BCUT2D eigenvalue weighted by Crippen LogP contribution is -2.56. The van der Waals surface area contributed by atoms with Gasteiger partial charge in [0.15, 0.2) is 0 Å². The molecule has 2 heterocycles. The number of hydrogen-bond acceptors (Lipinski definition) is 3. The first-order valence-electron chi connectivity index (χ1n) is 6.71. The van der Waals surface area contributed by atoms with E-state index < -0.39 is 0 Å². The predicted molar refractivity (Wildman–Crippen MR) is 73.7 cm³/mol. The van der Waals surface area contributed by atoms with E-state index in [2.05, 4.69) is 36.2 Å². The van der Waals surface area contributed by atoms with Crippen LogP contribution in [0.1, 0.15) is 18.2 Å². The summed E-state index contributed by atoms with van der Waals surface area (Å²) in [5, 5.41) is 4.61. The third-order valence-corrected chi connectivity index (χ3v) is 3.94. The number of furan rings is 1. The van der Waals surface area contributed by atoms with Crippen LogP contribution >= 0.6 is 0 Å². The third kappa shape index (κ3) is 1.93. The minimum absolute atomic E-state index is 0.683. The highest BCUT2D eigenvalue weighted by Crippen LogP contribution is 2.27. The molecule has 3 nitrogen and oxygen atoms in total. The van der Waals surface area contributed by atoms with E-state index in [9.17, 15) is 0 Å². The second kappa shape index (κ2) is 4.75. The number of nitrogens with zero attached hydrogens (tertiary/aromatic N) is 1. The molecule has 1 N–H and O–H groups in total. The van der Waals surface area contributed by atoms with Crippen LogP contribution in [0.2, 0.25) is 0 Å². The van der Waals surface area contributed by atoms with E-state index in [1.54, 1.807) is 0 Å². The summed E-state index contributed by atoms with van der Waals surface area (Å²) >= 11 is 0. The van der Waals surface area contributed by atoms with E-state index >= 15 is 0 Å². The van der Waals surface area contributed by atoms with Crippen molar-refractivity contribution in [2.24, 2.45) is 0 Å². The van der Waals surface area contributed by atoms with Gasteiger partial charge in [-0.05, 0) is 19.5 Å². The van der Waals surface area contributed by atoms with Crippen LogP contribution in [-0.2, 0) is 6.54 Å². The number of para-hydroxylation sites is 1. The molecule has 0 spiro atoms. The van der Waals surface area contributed by atoms with E-state index in [1.807, 2.05) is 12.1 Å². The Morgan fingerprint density at radius 3 is 2.78 bits per heavy atom. The number of aryl methyl sites for hydroxylation is 1. The molecule has 1 aliphatic heterocycles. The molecule has 1 aromatic heterocycles. The highest BCUT2D eigenvalue weighted by atomic mass is 16.3. The summed E-state index contributed by atoms with van der Waals surface area (Å²) < 4.78 is 5.83. The molecule has 96 valence electrons. The van der Waals surface area contributed by atoms with Crippen LogP contribution in [0.5, 0.6) is 0 Å². The quantitative estimate of drug-likeness (QED) is 0.896. The van der Waals surface area contributed by atoms with Crippen LogP contribution in [-0.4, -0.2) is 30.6 Å². The zero-order chi connectivity index (χ0) is 12.5. The molecule has 0 aliphatic carbocycles. The zero-order valence-corrected chi connectivity index (χ0v) is 11.1. The lowest BCUT2D eigenvalue weighted by atomic mass is 10.1. The number of benzene rings is 1. The Morgan fingerprint density at radius 2 is 2.11 bits per heavy atom. The Balaban J connectivity index is 1.90. The van der Waals surface area contributed by atoms with E-state index in [0.29, 0.717) is 6.04 Å². The van der Waals surface area contributed by atoms with Gasteiger partial charge in [0.05, 0.1) is 0 Å². The molecule has 3 heteroatoms. The van der Waals surface area contributed by atoms with Crippen molar-refractivity contribution in [3.63, 3.8) is 0 Å². The number of nitrogens with one attached hydrogen (secondary N) is 1. The Hall–Kier alpha value is -1.32. The number of hydrogen-bond donors (Lipinski definition) is 1. The Labute approximate surface area is 108 Å². The third-order valence-electron chi connectivity index (χ3n) is 3.94. The molecule has 0 amide bonds. The van der Waals surface area contributed by atoms with E-state index in [0.717, 1.165) is 37.5 Å². The van der Waals surface area contributed by atoms with Gasteiger partial charge in [-0.2, -0.15) is 0 Å². The van der Waals surface area contributed by atoms with Crippen molar-refractivity contribution in [3.8, 4) is 0 Å². The molecule has 1 aliphatic rings. The second-order valence-electron chi connectivity index (χ2n) is 5.01. The van der Waals surface area contributed by atoms with Gasteiger partial charge in [0.25, 0.3) is 0 Å². The van der Waals surface area contributed by atoms with Crippen molar-refractivity contribution in [3.05, 3.63) is 35.6 Å². The molecule has 2 aromatic rings. The molecule has 0 unspecified atom stereocenters. The van der Waals surface area contributed by atoms with Gasteiger partial charge < -0.3 is 9.73 Å². The lowest BCUT2D eigenvalue weighted by molar-refractivity contribution is 0.145. The fraction of sp³-hybridized carbons (Fsp3) is 0.467. The average molecular weight is 244 g/mol. The van der Waals surface area contributed by atoms with Crippen molar-refractivity contribution in [1.29, 1.82) is 0 Å². The highest BCUT2D eigenvalue weighted by Gasteiger charge is 2.24. The minimum Gasteiger partial charge on any atom is -0.461 e. The van der Waals surface area contributed by atoms with Crippen molar-refractivity contribution < 1.29 is 4.42 Å². The lowest BCUT2D eigenvalue weighted by Gasteiger charge is -2.37. The minimum atomic E-state index is 0.683. The fourth-order valence-electron chi connectivity index (χ4n) is 2.65. The summed E-state index contributed by atoms with van der Waals surface area (Å²) in [6, 6.07) is 9.01. The molecule has 0 saturated carbocycles. The van der Waals surface area contributed by atoms with Crippen molar-refractivity contribution in [2.75, 3.05) is 19.6 Å². The molecule has 18 heavy (non-hydrogen) atoms. The first kappa shape index (κ1) is 11.8. The summed E-state index contributed by atoms with van der Waals surface area (Å²) in [6.07, 6.45) is 0. The summed E-state index contributed by atoms with van der Waals surface area (Å²) in [6.45, 7) is 8.61. The van der Waals surface area contributed by atoms with Gasteiger partial charge in [0.1, 0.15) is 11.3 Å². The highest BCUT2D eigenvalue weighted by molar-refractivity contribution is 5.82. The fourth-order valence-corrected chi connectivity index (χ4v) is 2.65. The largest absolute Gasteiger partial charge is 0.461 e. The van der Waals surface area contributed by atoms with Gasteiger partial charge >= 0.3 is 0 Å². The van der Waals surface area contributed by atoms with E-state index in [-0.39, 0.29) is 0 Å². The van der Waals surface area contributed by atoms with Gasteiger partial charge in [-0.25, -0.2) is 0 Å². The SMILES string of the molecule is CCN(Cc1c(C)oc2ccccc12)C1CNC1. The van der Waals surface area contributed by atoms with Gasteiger partial charge in [0, 0.05) is 36.6 Å². The zero-order valence-electron chi connectivity index (χ0n) is 11.1. The van der Waals surface area contributed by atoms with Crippen molar-refractivity contribution >= 4 is 11.0 Å². The van der Waals surface area contributed by atoms with Crippen molar-refractivity contribution in [1.82, 2.24) is 10.2 Å². The monoisotopic (exact) mass is 244 g/mol. The van der Waals surface area contributed by atoms with Crippen LogP contribution in [0.15, 0.2) is 28.7 Å². The van der Waals surface area contributed by atoms with Crippen LogP contribution in [0, 0.1) is 6.92 Å². The first-order valence-corrected chi connectivity index (χ1v) is 6.71. The smallest absolute Gasteiger partial charge is 0.134 e. The maximum absolute atomic E-state index is 5.83. The molecule has 1 fully saturated rings. The Kier molecular flexibility index (Phi) is 3.10. The summed E-state index contributed by atoms with van der Waals surface area (Å²) in [4.78, 5) is 2.53. The standard InChI is InChI=1S/C15H20N2O/c1-3-17(12-8-16-9-12)10-14-11(2)18-15-7-5-4-6-13(14)15/h4-7,12,16H,3,8-10H2,1-2H3. The molecular formula is C15H20N2O. The van der Waals surface area contributed by atoms with Crippen LogP contribution < -0.4 is 5.32 Å². The van der Waals surface area contributed by atoms with Crippen LogP contribution in [0.25, 0.3) is 11.0 Å². The summed E-state index contributed by atoms with van der Waals surface area (Å²) in [5.41, 5.74) is 2.35. The first-order chi connectivity index (χ1) is 8.79. The molecule has 0 atom stereocenters. The van der Waals surface area contributed by atoms with Crippen LogP contribution in [0.3, 0.4) is 0 Å². The summed E-state index contributed by atoms with van der Waals surface area (Å²) in [5.74, 6) is 1.06. The van der Waals surface area contributed by atoms with Gasteiger partial charge in [-0.15, -0.1) is 0 Å². The van der Waals surface area contributed by atoms with Crippen LogP contribution in [0.4, 0.5) is 0 Å². The molecule has 1 saturated heterocycles. The van der Waals surface area contributed by atoms with Gasteiger partial charge in [0.2, 0.25) is 0 Å². The van der Waals surface area contributed by atoms with Crippen molar-refractivity contribution in [2.45, 2.75) is 26.4 Å². The molecule has 0 bridgehead atoms. The number of likely N-dealkylation sites (N-methyl/N-ethyl adjacent to an activating group) is 1. The molecular weight excluding hydrogens is 224 g/mol. The average Bonchev–Trinajstić information content (AvgIpc) is 2.63. The molecule has 0 radical (unpaired) electrons.